The summed E-state index contributed by atoms with van der Waals surface area (Å²) in [7, 11) is 0. The summed E-state index contributed by atoms with van der Waals surface area (Å²) in [6.07, 6.45) is 3.82. The number of hydroxylamine groups is 1. The van der Waals surface area contributed by atoms with E-state index >= 15 is 0 Å². The fourth-order valence-corrected chi connectivity index (χ4v) is 3.59. The molecule has 0 fully saturated rings. The zero-order chi connectivity index (χ0) is 22.9. The van der Waals surface area contributed by atoms with Crippen molar-refractivity contribution in [2.75, 3.05) is 13.2 Å². The molecule has 0 saturated carbocycles. The van der Waals surface area contributed by atoms with E-state index in [1.54, 1.807) is 12.3 Å². The lowest BCUT2D eigenvalue weighted by Gasteiger charge is -2.31. The quantitative estimate of drug-likeness (QED) is 0.502. The number of hydrogen-bond acceptors (Lipinski definition) is 5. The van der Waals surface area contributed by atoms with Crippen LogP contribution in [0.25, 0.3) is 6.08 Å². The van der Waals surface area contributed by atoms with Crippen molar-refractivity contribution in [1.82, 2.24) is 20.8 Å². The Morgan fingerprint density at radius 3 is 2.72 bits per heavy atom. The first-order valence-corrected chi connectivity index (χ1v) is 10.7. The first kappa shape index (κ1) is 23.7. The van der Waals surface area contributed by atoms with Crippen LogP contribution in [0.15, 0.2) is 54.7 Å². The predicted molar refractivity (Wildman–Crippen MR) is 122 cm³/mol. The standard InChI is InChI=1S/C23H27ClN4O4/c1-17(30)28(25-14-19-7-4-5-9-22(19)24)21(11-13-29)16-32-26-23(31)27-12-10-18-6-2-3-8-20(18)15-27/h2-10,12,21,25,29H,11,13-16H2,1H3,(H,26,31)/t21-/m0/s1. The van der Waals surface area contributed by atoms with Gasteiger partial charge in [0.05, 0.1) is 19.2 Å². The van der Waals surface area contributed by atoms with Gasteiger partial charge in [0.15, 0.2) is 0 Å². The molecule has 3 rings (SSSR count). The maximum atomic E-state index is 12.5. The molecule has 2 aromatic rings. The van der Waals surface area contributed by atoms with E-state index in [0.717, 1.165) is 16.7 Å². The first-order chi connectivity index (χ1) is 15.5. The lowest BCUT2D eigenvalue weighted by Crippen LogP contribution is -2.51. The molecule has 0 aliphatic carbocycles. The van der Waals surface area contributed by atoms with E-state index in [1.165, 1.54) is 16.8 Å². The van der Waals surface area contributed by atoms with Crippen LogP contribution in [0.5, 0.6) is 0 Å². The molecule has 1 heterocycles. The summed E-state index contributed by atoms with van der Waals surface area (Å²) in [5.41, 5.74) is 8.40. The zero-order valence-electron chi connectivity index (χ0n) is 17.8. The van der Waals surface area contributed by atoms with Gasteiger partial charge in [0.25, 0.3) is 0 Å². The summed E-state index contributed by atoms with van der Waals surface area (Å²) in [5.74, 6) is -0.249. The Morgan fingerprint density at radius 1 is 1.22 bits per heavy atom. The van der Waals surface area contributed by atoms with E-state index in [4.69, 9.17) is 16.4 Å². The summed E-state index contributed by atoms with van der Waals surface area (Å²) in [6, 6.07) is 14.2. The molecule has 2 aromatic carbocycles. The summed E-state index contributed by atoms with van der Waals surface area (Å²) < 4.78 is 0. The van der Waals surface area contributed by atoms with Crippen molar-refractivity contribution in [1.29, 1.82) is 0 Å². The molecule has 1 aliphatic heterocycles. The molecule has 32 heavy (non-hydrogen) atoms. The van der Waals surface area contributed by atoms with Gasteiger partial charge in [0.1, 0.15) is 0 Å². The number of aliphatic hydroxyl groups is 1. The van der Waals surface area contributed by atoms with Gasteiger partial charge in [0.2, 0.25) is 5.91 Å². The van der Waals surface area contributed by atoms with Gasteiger partial charge in [-0.05, 0) is 35.3 Å². The highest BCUT2D eigenvalue weighted by Gasteiger charge is 2.23. The lowest BCUT2D eigenvalue weighted by molar-refractivity contribution is -0.138. The highest BCUT2D eigenvalue weighted by molar-refractivity contribution is 6.31. The second-order valence-electron chi connectivity index (χ2n) is 7.34. The van der Waals surface area contributed by atoms with Gasteiger partial charge in [-0.2, -0.15) is 0 Å². The molecular weight excluding hydrogens is 432 g/mol. The van der Waals surface area contributed by atoms with Crippen molar-refractivity contribution in [3.63, 3.8) is 0 Å². The van der Waals surface area contributed by atoms with Gasteiger partial charge >= 0.3 is 6.03 Å². The Labute approximate surface area is 192 Å². The molecule has 8 nitrogen and oxygen atoms in total. The molecule has 170 valence electrons. The topological polar surface area (TPSA) is 94.1 Å². The lowest BCUT2D eigenvalue weighted by atomic mass is 10.0. The number of hydrazine groups is 1. The van der Waals surface area contributed by atoms with E-state index in [-0.39, 0.29) is 25.5 Å². The van der Waals surface area contributed by atoms with Crippen LogP contribution >= 0.6 is 11.6 Å². The maximum absolute atomic E-state index is 12.5. The number of aliphatic hydroxyl groups excluding tert-OH is 1. The highest BCUT2D eigenvalue weighted by atomic mass is 35.5. The van der Waals surface area contributed by atoms with Crippen LogP contribution in [0.2, 0.25) is 5.02 Å². The molecule has 1 atom stereocenters. The second-order valence-corrected chi connectivity index (χ2v) is 7.75. The van der Waals surface area contributed by atoms with E-state index in [2.05, 4.69) is 10.9 Å². The van der Waals surface area contributed by atoms with Crippen LogP contribution in [0.4, 0.5) is 4.79 Å². The summed E-state index contributed by atoms with van der Waals surface area (Å²) >= 11 is 6.19. The summed E-state index contributed by atoms with van der Waals surface area (Å²) in [5, 5.41) is 11.4. The predicted octanol–water partition coefficient (Wildman–Crippen LogP) is 3.07. The largest absolute Gasteiger partial charge is 0.396 e. The fourth-order valence-electron chi connectivity index (χ4n) is 3.39. The van der Waals surface area contributed by atoms with Crippen LogP contribution in [-0.4, -0.2) is 46.2 Å². The van der Waals surface area contributed by atoms with Gasteiger partial charge in [-0.3, -0.25) is 19.5 Å². The Balaban J connectivity index is 1.54. The number of amides is 3. The average Bonchev–Trinajstić information content (AvgIpc) is 2.79. The monoisotopic (exact) mass is 458 g/mol. The van der Waals surface area contributed by atoms with E-state index in [9.17, 15) is 14.7 Å². The molecule has 9 heteroatoms. The van der Waals surface area contributed by atoms with E-state index in [1.807, 2.05) is 48.5 Å². The van der Waals surface area contributed by atoms with Crippen molar-refractivity contribution in [2.24, 2.45) is 0 Å². The molecule has 0 aromatic heterocycles. The van der Waals surface area contributed by atoms with Crippen LogP contribution in [0.1, 0.15) is 30.0 Å². The van der Waals surface area contributed by atoms with Crippen LogP contribution in [0.3, 0.4) is 0 Å². The third-order valence-electron chi connectivity index (χ3n) is 5.09. The van der Waals surface area contributed by atoms with Crippen LogP contribution in [-0.2, 0) is 22.7 Å². The molecule has 0 spiro atoms. The number of carbonyl (C=O) groups is 2. The Bertz CT molecular complexity index is 969. The second kappa shape index (κ2) is 11.6. The molecule has 0 radical (unpaired) electrons. The number of fused-ring (bicyclic) bond motifs is 1. The molecule has 0 unspecified atom stereocenters. The number of rotatable bonds is 9. The fraction of sp³-hybridized carbons (Fsp3) is 0.304. The molecule has 0 saturated heterocycles. The first-order valence-electron chi connectivity index (χ1n) is 10.3. The number of hydrogen-bond donors (Lipinski definition) is 3. The van der Waals surface area contributed by atoms with Crippen molar-refractivity contribution < 1.29 is 19.5 Å². The molecule has 3 N–H and O–H groups in total. The minimum atomic E-state index is -0.502. The molecule has 0 bridgehead atoms. The smallest absolute Gasteiger partial charge is 0.345 e. The Morgan fingerprint density at radius 2 is 1.97 bits per heavy atom. The van der Waals surface area contributed by atoms with Crippen molar-refractivity contribution in [3.8, 4) is 0 Å². The number of carbonyl (C=O) groups excluding carboxylic acids is 2. The number of nitrogens with zero attached hydrogens (tertiary/aromatic N) is 2. The molecule has 3 amide bonds. The number of benzene rings is 2. The van der Waals surface area contributed by atoms with Crippen molar-refractivity contribution in [3.05, 3.63) is 76.4 Å². The van der Waals surface area contributed by atoms with Gasteiger partial charge in [0, 0.05) is 31.3 Å². The third-order valence-corrected chi connectivity index (χ3v) is 5.46. The summed E-state index contributed by atoms with van der Waals surface area (Å²) in [4.78, 5) is 31.6. The third kappa shape index (κ3) is 6.30. The van der Waals surface area contributed by atoms with Crippen molar-refractivity contribution in [2.45, 2.75) is 32.5 Å². The number of nitrogens with one attached hydrogen (secondary N) is 2. The minimum absolute atomic E-state index is 0.00442. The van der Waals surface area contributed by atoms with Crippen LogP contribution < -0.4 is 10.9 Å². The summed E-state index contributed by atoms with van der Waals surface area (Å²) in [6.45, 7) is 2.02. The molecular formula is C23H27ClN4O4. The zero-order valence-corrected chi connectivity index (χ0v) is 18.6. The van der Waals surface area contributed by atoms with Gasteiger partial charge in [-0.15, -0.1) is 0 Å². The molecule has 1 aliphatic rings. The van der Waals surface area contributed by atoms with Crippen LogP contribution in [0, 0.1) is 0 Å². The van der Waals surface area contributed by atoms with Crippen molar-refractivity contribution >= 4 is 29.6 Å². The average molecular weight is 459 g/mol. The van der Waals surface area contributed by atoms with Gasteiger partial charge in [-0.1, -0.05) is 54.1 Å². The van der Waals surface area contributed by atoms with Gasteiger partial charge < -0.3 is 5.11 Å². The minimum Gasteiger partial charge on any atom is -0.396 e. The Kier molecular flexibility index (Phi) is 8.64. The highest BCUT2D eigenvalue weighted by Crippen LogP contribution is 2.19. The van der Waals surface area contributed by atoms with E-state index < -0.39 is 12.1 Å². The normalized spacial score (nSPS) is 13.4. The Hall–Kier alpha value is -2.91. The van der Waals surface area contributed by atoms with E-state index in [0.29, 0.717) is 18.1 Å². The van der Waals surface area contributed by atoms with Gasteiger partial charge in [-0.25, -0.2) is 15.7 Å². The maximum Gasteiger partial charge on any atom is 0.345 e. The number of halogens is 1. The number of urea groups is 1. The SMILES string of the molecule is CC(=O)N(NCc1ccccc1Cl)[C@@H](CCO)CONC(=O)N1C=Cc2ccccc2C1.